The first-order chi connectivity index (χ1) is 20.0. The largest absolute Gasteiger partial charge is 0.378 e. The molecule has 0 radical (unpaired) electrons. The fourth-order valence-corrected chi connectivity index (χ4v) is 5.75. The minimum absolute atomic E-state index is 0.211. The Kier molecular flexibility index (Phi) is 8.22. The third-order valence-corrected chi connectivity index (χ3v) is 8.17. The lowest BCUT2D eigenvalue weighted by molar-refractivity contribution is -0.0632. The molecule has 5 heterocycles. The van der Waals surface area contributed by atoms with E-state index in [1.165, 1.54) is 0 Å². The van der Waals surface area contributed by atoms with Crippen LogP contribution in [0.25, 0.3) is 10.9 Å². The number of piperidine rings is 1. The second-order valence-corrected chi connectivity index (χ2v) is 10.8. The summed E-state index contributed by atoms with van der Waals surface area (Å²) in [5.41, 5.74) is 2.07. The number of ether oxygens (including phenoxy) is 1. The zero-order valence-corrected chi connectivity index (χ0v) is 23.1. The number of piperazine rings is 1. The van der Waals surface area contributed by atoms with Gasteiger partial charge in [-0.3, -0.25) is 9.69 Å². The number of likely N-dealkylation sites (tertiary alicyclic amines) is 1. The molecule has 218 valence electrons. The van der Waals surface area contributed by atoms with Crippen LogP contribution in [0.4, 0.5) is 20.5 Å². The molecular weight excluding hydrogens is 530 g/mol. The molecule has 0 bridgehead atoms. The van der Waals surface area contributed by atoms with Gasteiger partial charge in [0.15, 0.2) is 0 Å². The summed E-state index contributed by atoms with van der Waals surface area (Å²) in [5.74, 6) is -1.38. The maximum Gasteiger partial charge on any atom is 0.252 e. The summed E-state index contributed by atoms with van der Waals surface area (Å²) in [7, 11) is 0. The summed E-state index contributed by atoms with van der Waals surface area (Å²) in [5, 5.41) is 7.15. The normalized spacial score (nSPS) is 20.6. The maximum absolute atomic E-state index is 14.0. The summed E-state index contributed by atoms with van der Waals surface area (Å²) in [6.45, 7) is 7.01. The number of rotatable bonds is 7. The van der Waals surface area contributed by atoms with Gasteiger partial charge in [0, 0.05) is 101 Å². The van der Waals surface area contributed by atoms with Gasteiger partial charge >= 0.3 is 0 Å². The van der Waals surface area contributed by atoms with Gasteiger partial charge in [-0.15, -0.1) is 0 Å². The fourth-order valence-electron chi connectivity index (χ4n) is 5.75. The van der Waals surface area contributed by atoms with Crippen molar-refractivity contribution in [3.05, 3.63) is 53.9 Å². The van der Waals surface area contributed by atoms with Gasteiger partial charge in [-0.25, -0.2) is 23.7 Å². The van der Waals surface area contributed by atoms with Crippen LogP contribution in [0.1, 0.15) is 34.8 Å². The van der Waals surface area contributed by atoms with Crippen LogP contribution in [0.5, 0.6) is 0 Å². The Balaban J connectivity index is 1.19. The molecule has 0 saturated carbocycles. The van der Waals surface area contributed by atoms with E-state index in [1.807, 2.05) is 29.2 Å². The van der Waals surface area contributed by atoms with Crippen LogP contribution >= 0.6 is 0 Å². The first kappa shape index (κ1) is 27.7. The van der Waals surface area contributed by atoms with E-state index in [-0.39, 0.29) is 44.4 Å². The average Bonchev–Trinajstić information content (AvgIpc) is 3.02. The van der Waals surface area contributed by atoms with E-state index < -0.39 is 5.92 Å². The van der Waals surface area contributed by atoms with Crippen molar-refractivity contribution < 1.29 is 18.3 Å². The van der Waals surface area contributed by atoms with Crippen LogP contribution in [0, 0.1) is 0 Å². The SMILES string of the molecule is O=C(NCC(c1cnc(N2CCNCC2)nc1)N1CCC(F)(F)CC1)c1cccc2nc(N3CCOCC3)ccc12. The Bertz CT molecular complexity index is 1340. The lowest BCUT2D eigenvalue weighted by atomic mass is 10.0. The Morgan fingerprint density at radius 3 is 2.44 bits per heavy atom. The third-order valence-electron chi connectivity index (χ3n) is 8.17. The standard InChI is InChI=1S/C29H36F2N8O2/c30-29(31)6-10-37(11-7-29)25(21-18-34-28(35-19-21)39-12-8-32-9-13-39)20-33-27(40)23-2-1-3-24-22(23)4-5-26(36-24)38-14-16-41-17-15-38/h1-5,18-19,25,32H,6-17,20H2,(H,33,40). The summed E-state index contributed by atoms with van der Waals surface area (Å²) < 4.78 is 33.4. The molecule has 6 rings (SSSR count). The van der Waals surface area contributed by atoms with Crippen molar-refractivity contribution in [3.63, 3.8) is 0 Å². The Morgan fingerprint density at radius 2 is 1.71 bits per heavy atom. The summed E-state index contributed by atoms with van der Waals surface area (Å²) in [6.07, 6.45) is 3.11. The van der Waals surface area contributed by atoms with Crippen LogP contribution in [0.15, 0.2) is 42.7 Å². The van der Waals surface area contributed by atoms with Gasteiger partial charge < -0.3 is 25.2 Å². The molecule has 10 nitrogen and oxygen atoms in total. The number of morpholine rings is 1. The number of hydrogen-bond acceptors (Lipinski definition) is 9. The number of pyridine rings is 1. The Hall–Kier alpha value is -3.48. The molecule has 0 spiro atoms. The van der Waals surface area contributed by atoms with Gasteiger partial charge in [0.05, 0.1) is 24.8 Å². The van der Waals surface area contributed by atoms with Gasteiger partial charge in [0.1, 0.15) is 5.82 Å². The number of fused-ring (bicyclic) bond motifs is 1. The Morgan fingerprint density at radius 1 is 0.976 bits per heavy atom. The molecule has 3 aliphatic heterocycles. The topological polar surface area (TPSA) is 98.8 Å². The highest BCUT2D eigenvalue weighted by atomic mass is 19.3. The zero-order valence-electron chi connectivity index (χ0n) is 23.1. The number of carbonyl (C=O) groups excluding carboxylic acids is 1. The van der Waals surface area contributed by atoms with Crippen LogP contribution in [0.2, 0.25) is 0 Å². The molecule has 3 aliphatic rings. The van der Waals surface area contributed by atoms with Crippen molar-refractivity contribution >= 4 is 28.6 Å². The molecule has 1 atom stereocenters. The van der Waals surface area contributed by atoms with E-state index in [0.717, 1.165) is 61.6 Å². The first-order valence-corrected chi connectivity index (χ1v) is 14.4. The molecule has 2 N–H and O–H groups in total. The monoisotopic (exact) mass is 566 g/mol. The highest BCUT2D eigenvalue weighted by Crippen LogP contribution is 2.32. The van der Waals surface area contributed by atoms with Crippen molar-refractivity contribution in [2.24, 2.45) is 0 Å². The number of hydrogen-bond donors (Lipinski definition) is 2. The van der Waals surface area contributed by atoms with Crippen molar-refractivity contribution in [1.29, 1.82) is 0 Å². The second-order valence-electron chi connectivity index (χ2n) is 10.8. The molecule has 12 heteroatoms. The van der Waals surface area contributed by atoms with Crippen LogP contribution in [-0.2, 0) is 4.74 Å². The molecule has 2 aromatic heterocycles. The van der Waals surface area contributed by atoms with E-state index in [0.29, 0.717) is 24.7 Å². The van der Waals surface area contributed by atoms with Gasteiger partial charge in [-0.2, -0.15) is 0 Å². The third kappa shape index (κ3) is 6.39. The fraction of sp³-hybridized carbons (Fsp3) is 0.517. The van der Waals surface area contributed by atoms with E-state index in [2.05, 4.69) is 30.4 Å². The highest BCUT2D eigenvalue weighted by molar-refractivity contribution is 6.06. The molecule has 3 saturated heterocycles. The number of aromatic nitrogens is 3. The highest BCUT2D eigenvalue weighted by Gasteiger charge is 2.37. The number of amides is 1. The smallest absolute Gasteiger partial charge is 0.252 e. The van der Waals surface area contributed by atoms with Crippen molar-refractivity contribution in [2.75, 3.05) is 81.9 Å². The molecule has 41 heavy (non-hydrogen) atoms. The minimum Gasteiger partial charge on any atom is -0.378 e. The molecule has 1 unspecified atom stereocenters. The number of nitrogens with one attached hydrogen (secondary N) is 2. The number of benzene rings is 1. The average molecular weight is 567 g/mol. The van der Waals surface area contributed by atoms with Gasteiger partial charge in [-0.05, 0) is 24.3 Å². The predicted octanol–water partition coefficient (Wildman–Crippen LogP) is 2.47. The Labute approximate surface area is 238 Å². The van der Waals surface area contributed by atoms with Gasteiger partial charge in [0.2, 0.25) is 5.95 Å². The number of halogens is 2. The second kappa shape index (κ2) is 12.2. The van der Waals surface area contributed by atoms with Gasteiger partial charge in [0.25, 0.3) is 11.8 Å². The maximum atomic E-state index is 14.0. The molecule has 0 aliphatic carbocycles. The first-order valence-electron chi connectivity index (χ1n) is 14.4. The lowest BCUT2D eigenvalue weighted by Gasteiger charge is -2.37. The van der Waals surface area contributed by atoms with E-state index in [1.54, 1.807) is 18.5 Å². The quantitative estimate of drug-likeness (QED) is 0.447. The van der Waals surface area contributed by atoms with Crippen molar-refractivity contribution in [2.45, 2.75) is 24.8 Å². The molecule has 3 aromatic rings. The van der Waals surface area contributed by atoms with Crippen LogP contribution in [-0.4, -0.2) is 104 Å². The van der Waals surface area contributed by atoms with Gasteiger partial charge in [-0.1, -0.05) is 6.07 Å². The summed E-state index contributed by atoms with van der Waals surface area (Å²) in [6, 6.07) is 9.08. The van der Waals surface area contributed by atoms with E-state index in [4.69, 9.17) is 9.72 Å². The number of nitrogens with zero attached hydrogens (tertiary/aromatic N) is 6. The molecular formula is C29H36F2N8O2. The molecule has 1 amide bonds. The zero-order chi connectivity index (χ0) is 28.2. The number of carbonyl (C=O) groups is 1. The summed E-state index contributed by atoms with van der Waals surface area (Å²) >= 11 is 0. The van der Waals surface area contributed by atoms with Crippen LogP contribution < -0.4 is 20.4 Å². The summed E-state index contributed by atoms with van der Waals surface area (Å²) in [4.78, 5) is 33.8. The number of alkyl halides is 2. The number of anilines is 2. The van der Waals surface area contributed by atoms with Crippen LogP contribution in [0.3, 0.4) is 0 Å². The van der Waals surface area contributed by atoms with Crippen molar-refractivity contribution in [1.82, 2.24) is 30.5 Å². The minimum atomic E-state index is -2.66. The predicted molar refractivity (Wildman–Crippen MR) is 153 cm³/mol. The molecule has 1 aromatic carbocycles. The van der Waals surface area contributed by atoms with Crippen molar-refractivity contribution in [3.8, 4) is 0 Å². The lowest BCUT2D eigenvalue weighted by Crippen LogP contribution is -2.45. The molecule has 3 fully saturated rings. The van der Waals surface area contributed by atoms with E-state index in [9.17, 15) is 13.6 Å². The van der Waals surface area contributed by atoms with E-state index >= 15 is 0 Å².